The zero-order valence-electron chi connectivity index (χ0n) is 43.0. The van der Waals surface area contributed by atoms with E-state index in [1.54, 1.807) is 71.1 Å². The van der Waals surface area contributed by atoms with E-state index in [4.69, 9.17) is 56.8 Å². The molecule has 0 aromatic heterocycles. The second kappa shape index (κ2) is 23.9. The molecule has 0 N–H and O–H groups in total. The fourth-order valence-electron chi connectivity index (χ4n) is 10.3. The maximum absolute atomic E-state index is 12.9. The fraction of sp³-hybridized carbons (Fsp3) is 0.481. The summed E-state index contributed by atoms with van der Waals surface area (Å²) in [5, 5.41) is 0. The summed E-state index contributed by atoms with van der Waals surface area (Å²) in [6.07, 6.45) is 6.36. The molecule has 0 bridgehead atoms. The third kappa shape index (κ3) is 11.6. The van der Waals surface area contributed by atoms with E-state index < -0.39 is 11.9 Å². The highest BCUT2D eigenvalue weighted by molar-refractivity contribution is 5.91. The number of hydrogen-bond donors (Lipinski definition) is 0. The summed E-state index contributed by atoms with van der Waals surface area (Å²) in [7, 11) is 20.7. The molecular formula is C54H72N2O14+2. The van der Waals surface area contributed by atoms with E-state index in [0.717, 1.165) is 73.3 Å². The molecule has 16 nitrogen and oxygen atoms in total. The normalized spacial score (nSPS) is 19.3. The van der Waals surface area contributed by atoms with Gasteiger partial charge in [-0.05, 0) is 64.7 Å². The number of nitrogens with zero attached hydrogens (tertiary/aromatic N) is 2. The first-order valence-electron chi connectivity index (χ1n) is 23.5. The van der Waals surface area contributed by atoms with Crippen molar-refractivity contribution in [3.05, 3.63) is 94.1 Å². The van der Waals surface area contributed by atoms with Crippen molar-refractivity contribution in [2.75, 3.05) is 125 Å². The van der Waals surface area contributed by atoms with Crippen LogP contribution in [0.25, 0.3) is 0 Å². The zero-order valence-corrected chi connectivity index (χ0v) is 43.0. The van der Waals surface area contributed by atoms with Crippen LogP contribution in [0, 0.1) is 0 Å². The van der Waals surface area contributed by atoms with E-state index in [2.05, 4.69) is 32.3 Å². The van der Waals surface area contributed by atoms with Crippen LogP contribution in [0.2, 0.25) is 0 Å². The van der Waals surface area contributed by atoms with Crippen LogP contribution in [0.4, 0.5) is 0 Å². The zero-order chi connectivity index (χ0) is 50.6. The summed E-state index contributed by atoms with van der Waals surface area (Å²) >= 11 is 0. The SMILES string of the molecule is COc1ccc(C[C@@H]2c3cc(OC)c(OC)cc3CC[N+]2(C)CCCOC(=O)/C=C/C(=O)OCCC[N@+]2(C)CCc3cc(OC)c(OC)c(OC)c3[C@H]2Cc2cc(OC)c(OC)c(OC)c2)cc1OC. The van der Waals surface area contributed by atoms with Gasteiger partial charge in [0.05, 0.1) is 130 Å². The standard InChI is InChI=1S/C54H72N2O14/c1-55(23-19-37-32-44(61-5)45(62-6)34-39(37)40(55)27-35-15-16-42(59-3)43(29-35)60-4)21-13-25-69-49(57)17-18-50(58)70-26-14-22-56(2)24-20-38-33-48(65-9)53(67-11)54(68-12)51(38)41(56)28-36-30-46(63-7)52(66-10)47(31-36)64-8/h15-18,29-34,40-41H,13-14,19-28H2,1-12H3/q+2/b18-17+/t40-,41-,55?,56-/m1/s1. The molecule has 2 aliphatic rings. The molecule has 0 fully saturated rings. The topological polar surface area (TPSA) is 145 Å². The molecule has 0 saturated heterocycles. The van der Waals surface area contributed by atoms with Gasteiger partial charge in [-0.3, -0.25) is 0 Å². The number of carbonyl (C=O) groups is 2. The van der Waals surface area contributed by atoms with Gasteiger partial charge < -0.3 is 65.8 Å². The summed E-state index contributed by atoms with van der Waals surface area (Å²) in [4.78, 5) is 25.8. The van der Waals surface area contributed by atoms with Crippen LogP contribution in [0.1, 0.15) is 58.3 Å². The molecule has 4 aromatic carbocycles. The number of likely N-dealkylation sites (N-methyl/N-ethyl adjacent to an activating group) is 2. The highest BCUT2D eigenvalue weighted by Gasteiger charge is 2.43. The third-order valence-corrected chi connectivity index (χ3v) is 14.1. The van der Waals surface area contributed by atoms with Crippen molar-refractivity contribution in [3.8, 4) is 57.5 Å². The van der Waals surface area contributed by atoms with Crippen molar-refractivity contribution < 1.29 is 75.4 Å². The van der Waals surface area contributed by atoms with E-state index in [-0.39, 0.29) is 25.3 Å². The lowest BCUT2D eigenvalue weighted by Crippen LogP contribution is -2.52. The van der Waals surface area contributed by atoms with Gasteiger partial charge in [-0.25, -0.2) is 9.59 Å². The van der Waals surface area contributed by atoms with Gasteiger partial charge in [-0.1, -0.05) is 6.07 Å². The number of fused-ring (bicyclic) bond motifs is 2. The van der Waals surface area contributed by atoms with Gasteiger partial charge in [0.15, 0.2) is 46.0 Å². The number of methoxy groups -OCH3 is 10. The molecule has 2 aliphatic heterocycles. The van der Waals surface area contributed by atoms with Gasteiger partial charge in [0.2, 0.25) is 11.5 Å². The maximum Gasteiger partial charge on any atom is 0.331 e. The minimum atomic E-state index is -0.619. The molecule has 70 heavy (non-hydrogen) atoms. The summed E-state index contributed by atoms with van der Waals surface area (Å²) in [5.74, 6) is 4.87. The van der Waals surface area contributed by atoms with Crippen LogP contribution in [-0.2, 0) is 44.7 Å². The van der Waals surface area contributed by atoms with Crippen LogP contribution in [0.3, 0.4) is 0 Å². The van der Waals surface area contributed by atoms with Gasteiger partial charge >= 0.3 is 11.9 Å². The molecule has 6 rings (SSSR count). The van der Waals surface area contributed by atoms with Crippen molar-refractivity contribution in [3.63, 3.8) is 0 Å². The van der Waals surface area contributed by atoms with Crippen LogP contribution >= 0.6 is 0 Å². The Morgan fingerprint density at radius 1 is 0.486 bits per heavy atom. The molecule has 0 aliphatic carbocycles. The Bertz CT molecular complexity index is 2470. The number of ether oxygens (including phenoxy) is 12. The average molecular weight is 973 g/mol. The van der Waals surface area contributed by atoms with E-state index in [9.17, 15) is 9.59 Å². The Morgan fingerprint density at radius 2 is 0.929 bits per heavy atom. The Hall–Kier alpha value is -6.52. The predicted molar refractivity (Wildman–Crippen MR) is 264 cm³/mol. The number of benzene rings is 4. The van der Waals surface area contributed by atoms with Crippen molar-refractivity contribution in [2.24, 2.45) is 0 Å². The Balaban J connectivity index is 1.08. The average Bonchev–Trinajstić information content (AvgIpc) is 3.38. The summed E-state index contributed by atoms with van der Waals surface area (Å²) in [5.41, 5.74) is 6.61. The van der Waals surface area contributed by atoms with Gasteiger partial charge in [0, 0.05) is 56.2 Å². The van der Waals surface area contributed by atoms with E-state index >= 15 is 0 Å². The van der Waals surface area contributed by atoms with E-state index in [1.165, 1.54) is 11.1 Å². The quantitative estimate of drug-likeness (QED) is 0.0296. The van der Waals surface area contributed by atoms with Crippen LogP contribution in [-0.4, -0.2) is 145 Å². The second-order valence-electron chi connectivity index (χ2n) is 18.0. The molecule has 1 unspecified atom stereocenters. The molecular weight excluding hydrogens is 901 g/mol. The van der Waals surface area contributed by atoms with Crippen molar-refractivity contribution in [1.82, 2.24) is 0 Å². The van der Waals surface area contributed by atoms with E-state index in [0.29, 0.717) is 92.3 Å². The molecule has 4 aromatic rings. The van der Waals surface area contributed by atoms with Crippen LogP contribution in [0.15, 0.2) is 60.7 Å². The highest BCUT2D eigenvalue weighted by atomic mass is 16.6. The molecule has 0 amide bonds. The summed E-state index contributed by atoms with van der Waals surface area (Å²) < 4.78 is 69.8. The molecule has 2 heterocycles. The number of esters is 2. The van der Waals surface area contributed by atoms with E-state index in [1.807, 2.05) is 30.3 Å². The highest BCUT2D eigenvalue weighted by Crippen LogP contribution is 2.51. The Labute approximate surface area is 412 Å². The first-order valence-corrected chi connectivity index (χ1v) is 23.5. The van der Waals surface area contributed by atoms with Gasteiger partial charge in [0.1, 0.15) is 12.1 Å². The molecule has 4 atom stereocenters. The third-order valence-electron chi connectivity index (χ3n) is 14.1. The lowest BCUT2D eigenvalue weighted by atomic mass is 9.85. The van der Waals surface area contributed by atoms with Gasteiger partial charge in [-0.2, -0.15) is 0 Å². The Kier molecular flexibility index (Phi) is 18.0. The number of hydrogen-bond acceptors (Lipinski definition) is 14. The molecule has 0 spiro atoms. The van der Waals surface area contributed by atoms with Crippen LogP contribution in [0.5, 0.6) is 57.5 Å². The maximum atomic E-state index is 12.9. The molecule has 16 heteroatoms. The van der Waals surface area contributed by atoms with Crippen molar-refractivity contribution in [1.29, 1.82) is 0 Å². The van der Waals surface area contributed by atoms with Crippen LogP contribution < -0.4 is 47.4 Å². The lowest BCUT2D eigenvalue weighted by molar-refractivity contribution is -0.941. The molecule has 0 radical (unpaired) electrons. The molecule has 380 valence electrons. The fourth-order valence-corrected chi connectivity index (χ4v) is 10.3. The Morgan fingerprint density at radius 3 is 1.46 bits per heavy atom. The number of carbonyl (C=O) groups excluding carboxylic acids is 2. The lowest BCUT2D eigenvalue weighted by Gasteiger charge is -2.46. The van der Waals surface area contributed by atoms with Gasteiger partial charge in [-0.15, -0.1) is 0 Å². The summed E-state index contributed by atoms with van der Waals surface area (Å²) in [6.45, 7) is 3.43. The number of quaternary nitrogens is 2. The summed E-state index contributed by atoms with van der Waals surface area (Å²) in [6, 6.07) is 16.1. The number of rotatable bonds is 24. The van der Waals surface area contributed by atoms with Crippen molar-refractivity contribution >= 4 is 11.9 Å². The minimum Gasteiger partial charge on any atom is -0.493 e. The minimum absolute atomic E-state index is 0.0605. The second-order valence-corrected chi connectivity index (χ2v) is 18.0. The molecule has 0 saturated carbocycles. The predicted octanol–water partition coefficient (Wildman–Crippen LogP) is 7.47. The first kappa shape index (κ1) is 52.8. The first-order chi connectivity index (χ1) is 33.8. The van der Waals surface area contributed by atoms with Gasteiger partial charge in [0.25, 0.3) is 0 Å². The van der Waals surface area contributed by atoms with Crippen molar-refractivity contribution in [2.45, 2.75) is 50.6 Å². The largest absolute Gasteiger partial charge is 0.493 e. The smallest absolute Gasteiger partial charge is 0.331 e. The monoisotopic (exact) mass is 972 g/mol.